The van der Waals surface area contributed by atoms with Crippen LogP contribution < -0.4 is 5.73 Å². The second-order valence-electron chi connectivity index (χ2n) is 0.933. The summed E-state index contributed by atoms with van der Waals surface area (Å²) in [5, 5.41) is 7.79. The monoisotopic (exact) mass is 126 g/mol. The standard InChI is InChI=1S/C3H3N3.CH3NO/c1-3(2-4)6-5;2-1-3/h1H3;1H,(H2,2,3). The molecule has 0 rings (SSSR count). The van der Waals surface area contributed by atoms with Crippen molar-refractivity contribution >= 4 is 12.1 Å². The number of rotatable bonds is 0. The lowest BCUT2D eigenvalue weighted by atomic mass is 10.5. The van der Waals surface area contributed by atoms with Crippen LogP contribution in [0.15, 0.2) is 0 Å². The first-order valence-corrected chi connectivity index (χ1v) is 1.97. The van der Waals surface area contributed by atoms with Gasteiger partial charge in [0.25, 0.3) is 0 Å². The lowest BCUT2D eigenvalue weighted by Crippen LogP contribution is -1.82. The molecule has 0 aliphatic heterocycles. The van der Waals surface area contributed by atoms with Gasteiger partial charge in [-0.15, -0.1) is 0 Å². The van der Waals surface area contributed by atoms with Crippen molar-refractivity contribution in [3.8, 4) is 6.07 Å². The van der Waals surface area contributed by atoms with Gasteiger partial charge in [-0.2, -0.15) is 10.1 Å². The van der Waals surface area contributed by atoms with Crippen LogP contribution in [0.1, 0.15) is 6.92 Å². The Bertz CT molecular complexity index is 162. The van der Waals surface area contributed by atoms with Gasteiger partial charge in [0.05, 0.1) is 0 Å². The van der Waals surface area contributed by atoms with E-state index in [1.165, 1.54) is 6.92 Å². The highest BCUT2D eigenvalue weighted by atomic mass is 16.1. The number of nitrogens with zero attached hydrogens (tertiary/aromatic N) is 3. The first-order chi connectivity index (χ1) is 4.22. The molecule has 0 heterocycles. The summed E-state index contributed by atoms with van der Waals surface area (Å²) < 4.78 is 0. The average molecular weight is 126 g/mol. The number of hydrogen-bond donors (Lipinski definition) is 1. The van der Waals surface area contributed by atoms with E-state index in [0.29, 0.717) is 0 Å². The molecule has 0 aromatic heterocycles. The fraction of sp³-hybridized carbons (Fsp3) is 0.250. The van der Waals surface area contributed by atoms with Crippen LogP contribution >= 0.6 is 0 Å². The first kappa shape index (κ1) is 10.3. The number of primary amides is 1. The van der Waals surface area contributed by atoms with Gasteiger partial charge < -0.3 is 11.3 Å². The molecule has 0 aliphatic rings. The van der Waals surface area contributed by atoms with Crippen LogP contribution in [0.3, 0.4) is 0 Å². The minimum absolute atomic E-state index is 0.0787. The van der Waals surface area contributed by atoms with E-state index in [0.717, 1.165) is 0 Å². The summed E-state index contributed by atoms with van der Waals surface area (Å²) in [5.41, 5.74) is 11.9. The van der Waals surface area contributed by atoms with Crippen molar-refractivity contribution in [2.45, 2.75) is 6.92 Å². The van der Waals surface area contributed by atoms with Gasteiger partial charge in [0, 0.05) is 6.92 Å². The predicted octanol–water partition coefficient (Wildman–Crippen LogP) is -0.698. The largest absolute Gasteiger partial charge is 0.372 e. The highest BCUT2D eigenvalue weighted by molar-refractivity contribution is 5.91. The van der Waals surface area contributed by atoms with Gasteiger partial charge in [-0.05, 0) is 0 Å². The lowest BCUT2D eigenvalue weighted by Gasteiger charge is -1.51. The zero-order valence-electron chi connectivity index (χ0n) is 4.90. The van der Waals surface area contributed by atoms with E-state index in [-0.39, 0.29) is 12.1 Å². The number of hydrogen-bond acceptors (Lipinski definition) is 2. The quantitative estimate of drug-likeness (QED) is 0.201. The number of nitriles is 1. The first-order valence-electron chi connectivity index (χ1n) is 1.97. The molecule has 0 unspecified atom stereocenters. The molecule has 0 aliphatic carbocycles. The predicted molar refractivity (Wildman–Crippen MR) is 30.2 cm³/mol. The second-order valence-corrected chi connectivity index (χ2v) is 0.933. The maximum absolute atomic E-state index is 8.58. The molecule has 0 atom stereocenters. The average Bonchev–Trinajstić information content (AvgIpc) is 1.88. The van der Waals surface area contributed by atoms with Crippen LogP contribution in [0.5, 0.6) is 0 Å². The Morgan fingerprint density at radius 3 is 2.33 bits per heavy atom. The highest BCUT2D eigenvalue weighted by Gasteiger charge is 1.86. The fourth-order valence-electron chi connectivity index (χ4n) is 0.0224. The molecule has 0 saturated carbocycles. The van der Waals surface area contributed by atoms with E-state index in [1.807, 2.05) is 0 Å². The summed E-state index contributed by atoms with van der Waals surface area (Å²) in [6, 6.07) is 1.61. The van der Waals surface area contributed by atoms with Crippen molar-refractivity contribution in [2.75, 3.05) is 0 Å². The molecule has 5 heteroatoms. The molecule has 0 spiro atoms. The van der Waals surface area contributed by atoms with E-state index < -0.39 is 0 Å². The van der Waals surface area contributed by atoms with E-state index in [9.17, 15) is 0 Å². The molecule has 5 nitrogen and oxygen atoms in total. The maximum Gasteiger partial charge on any atom is 0.364 e. The molecule has 0 aromatic rings. The van der Waals surface area contributed by atoms with E-state index in [4.69, 9.17) is 15.6 Å². The highest BCUT2D eigenvalue weighted by Crippen LogP contribution is 1.54. The number of amides is 1. The fourth-order valence-corrected chi connectivity index (χ4v) is 0.0224. The van der Waals surface area contributed by atoms with Gasteiger partial charge in [-0.25, -0.2) is 0 Å². The van der Waals surface area contributed by atoms with Crippen LogP contribution in [-0.2, 0) is 4.79 Å². The summed E-state index contributed by atoms with van der Waals surface area (Å²) in [6.45, 7) is 1.42. The zero-order chi connectivity index (χ0) is 7.70. The smallest absolute Gasteiger partial charge is 0.364 e. The third kappa shape index (κ3) is 21.8. The molecule has 1 amide bonds. The van der Waals surface area contributed by atoms with Crippen molar-refractivity contribution in [1.82, 2.24) is 0 Å². The minimum atomic E-state index is 0.0787. The van der Waals surface area contributed by atoms with Gasteiger partial charge in [-0.1, -0.05) is 0 Å². The normalized spacial score (nSPS) is 4.89. The summed E-state index contributed by atoms with van der Waals surface area (Å²) in [5.74, 6) is 0. The van der Waals surface area contributed by atoms with Crippen molar-refractivity contribution < 1.29 is 9.58 Å². The molecular weight excluding hydrogens is 120 g/mol. The summed E-state index contributed by atoms with van der Waals surface area (Å²) in [7, 11) is 0. The van der Waals surface area contributed by atoms with E-state index in [2.05, 4.69) is 10.5 Å². The van der Waals surface area contributed by atoms with Crippen molar-refractivity contribution in [3.63, 3.8) is 0 Å². The number of carbonyl (C=O) groups excluding carboxylic acids is 1. The SMILES string of the molecule is CC(C#N)=[N+]=[N-].NC=O. The molecule has 0 saturated heterocycles. The number of nitrogens with two attached hydrogens (primary N) is 1. The van der Waals surface area contributed by atoms with Crippen LogP contribution in [0.25, 0.3) is 5.53 Å². The van der Waals surface area contributed by atoms with Crippen LogP contribution in [-0.4, -0.2) is 16.9 Å². The Labute approximate surface area is 52.3 Å². The molecule has 48 valence electrons. The molecule has 2 N–H and O–H groups in total. The molecule has 0 radical (unpaired) electrons. The Morgan fingerprint density at radius 2 is 2.33 bits per heavy atom. The van der Waals surface area contributed by atoms with Gasteiger partial charge in [0.2, 0.25) is 6.41 Å². The number of carbonyl (C=O) groups is 1. The van der Waals surface area contributed by atoms with Crippen LogP contribution in [0, 0.1) is 11.3 Å². The van der Waals surface area contributed by atoms with Gasteiger partial charge in [0.15, 0.2) is 6.07 Å². The molecule has 9 heavy (non-hydrogen) atoms. The van der Waals surface area contributed by atoms with Crippen LogP contribution in [0.2, 0.25) is 0 Å². The molecule has 0 aromatic carbocycles. The van der Waals surface area contributed by atoms with Crippen molar-refractivity contribution in [3.05, 3.63) is 5.53 Å². The second kappa shape index (κ2) is 9.60. The van der Waals surface area contributed by atoms with Crippen molar-refractivity contribution in [2.24, 2.45) is 5.73 Å². The Kier molecular flexibility index (Phi) is 11.0. The van der Waals surface area contributed by atoms with Gasteiger partial charge >= 0.3 is 5.71 Å². The Hall–Kier alpha value is -1.66. The maximum atomic E-state index is 8.58. The summed E-state index contributed by atoms with van der Waals surface area (Å²) >= 11 is 0. The van der Waals surface area contributed by atoms with E-state index in [1.54, 1.807) is 6.07 Å². The van der Waals surface area contributed by atoms with E-state index >= 15 is 0 Å². The van der Waals surface area contributed by atoms with Crippen LogP contribution in [0.4, 0.5) is 0 Å². The summed E-state index contributed by atoms with van der Waals surface area (Å²) in [6.07, 6.45) is 0.250. The van der Waals surface area contributed by atoms with Crippen molar-refractivity contribution in [1.29, 1.82) is 5.26 Å². The van der Waals surface area contributed by atoms with Gasteiger partial charge in [-0.3, -0.25) is 4.79 Å². The Morgan fingerprint density at radius 1 is 2.00 bits per heavy atom. The third-order valence-corrected chi connectivity index (χ3v) is 0.312. The summed E-state index contributed by atoms with van der Waals surface area (Å²) in [4.78, 5) is 11.1. The molecular formula is C4H6N4O. The lowest BCUT2D eigenvalue weighted by molar-refractivity contribution is -0.106. The molecule has 0 bridgehead atoms. The van der Waals surface area contributed by atoms with Gasteiger partial charge in [0.1, 0.15) is 0 Å². The topological polar surface area (TPSA) is 103 Å². The Balaban J connectivity index is 0. The third-order valence-electron chi connectivity index (χ3n) is 0.312. The zero-order valence-corrected chi connectivity index (χ0v) is 4.90. The molecule has 0 fully saturated rings. The minimum Gasteiger partial charge on any atom is -0.372 e.